The Morgan fingerprint density at radius 3 is 2.77 bits per heavy atom. The Hall–Kier alpha value is -1.60. The van der Waals surface area contributed by atoms with E-state index in [9.17, 15) is 9.90 Å². The monoisotopic (exact) mass is 312 g/mol. The van der Waals surface area contributed by atoms with Crippen molar-refractivity contribution in [3.8, 4) is 0 Å². The number of amides is 1. The van der Waals surface area contributed by atoms with Crippen molar-refractivity contribution in [1.29, 1.82) is 0 Å². The number of aliphatic hydroxyl groups excluding tert-OH is 1. The van der Waals surface area contributed by atoms with Gasteiger partial charge in [-0.05, 0) is 41.3 Å². The van der Waals surface area contributed by atoms with Crippen LogP contribution in [0, 0.1) is 0 Å². The van der Waals surface area contributed by atoms with E-state index in [1.165, 1.54) is 0 Å². The van der Waals surface area contributed by atoms with Crippen LogP contribution in [0.4, 0.5) is 4.79 Å². The number of aryl methyl sites for hydroxylation is 1. The number of aliphatic hydroxyl groups is 1. The number of ether oxygens (including phenoxy) is 1. The first-order valence-corrected chi connectivity index (χ1v) is 7.47. The lowest BCUT2D eigenvalue weighted by molar-refractivity contribution is 0.0521. The molecule has 1 rings (SSSR count). The molecular weight excluding hydrogens is 284 g/mol. The maximum Gasteiger partial charge on any atom is 0.408 e. The molecule has 1 aromatic rings. The van der Waals surface area contributed by atoms with E-state index < -0.39 is 11.7 Å². The van der Waals surface area contributed by atoms with Gasteiger partial charge < -0.3 is 24.6 Å². The zero-order chi connectivity index (χ0) is 16.8. The van der Waals surface area contributed by atoms with Crippen LogP contribution in [0.2, 0.25) is 0 Å². The molecule has 0 aliphatic rings. The van der Waals surface area contributed by atoms with Crippen LogP contribution < -0.4 is 5.32 Å². The minimum atomic E-state index is -0.518. The van der Waals surface area contributed by atoms with E-state index in [4.69, 9.17) is 4.74 Å². The van der Waals surface area contributed by atoms with Gasteiger partial charge in [0.05, 0.1) is 12.6 Å². The van der Waals surface area contributed by atoms with E-state index in [-0.39, 0.29) is 6.10 Å². The molecule has 0 aliphatic heterocycles. The molecule has 126 valence electrons. The summed E-state index contributed by atoms with van der Waals surface area (Å²) in [5.41, 5.74) is -0.518. The second kappa shape index (κ2) is 8.14. The summed E-state index contributed by atoms with van der Waals surface area (Å²) in [4.78, 5) is 17.8. The van der Waals surface area contributed by atoms with E-state index in [2.05, 4.69) is 10.3 Å². The highest BCUT2D eigenvalue weighted by Crippen LogP contribution is 2.07. The molecule has 1 aromatic heterocycles. The zero-order valence-electron chi connectivity index (χ0n) is 14.2. The van der Waals surface area contributed by atoms with Gasteiger partial charge in [0.25, 0.3) is 0 Å². The number of aromatic nitrogens is 2. The summed E-state index contributed by atoms with van der Waals surface area (Å²) in [5, 5.41) is 12.6. The molecule has 7 heteroatoms. The standard InChI is InChI=1S/C15H28N4O3/c1-15(2,3)22-14(21)17-10-13-16-7-9-19(13)8-6-12(20)11-18(4)5/h7,9,12,20H,6,8,10-11H2,1-5H3,(H,17,21). The third-order valence-corrected chi connectivity index (χ3v) is 2.87. The lowest BCUT2D eigenvalue weighted by atomic mass is 10.2. The smallest absolute Gasteiger partial charge is 0.408 e. The normalized spacial score (nSPS) is 13.2. The fourth-order valence-electron chi connectivity index (χ4n) is 1.98. The number of carbonyl (C=O) groups is 1. The Morgan fingerprint density at radius 1 is 1.50 bits per heavy atom. The molecule has 2 N–H and O–H groups in total. The third-order valence-electron chi connectivity index (χ3n) is 2.87. The van der Waals surface area contributed by atoms with E-state index in [0.717, 1.165) is 5.82 Å². The van der Waals surface area contributed by atoms with Crippen LogP contribution >= 0.6 is 0 Å². The minimum absolute atomic E-state index is 0.297. The van der Waals surface area contributed by atoms with Crippen molar-refractivity contribution in [2.24, 2.45) is 0 Å². The van der Waals surface area contributed by atoms with Gasteiger partial charge in [-0.3, -0.25) is 0 Å². The molecule has 1 heterocycles. The van der Waals surface area contributed by atoms with E-state index >= 15 is 0 Å². The topological polar surface area (TPSA) is 79.6 Å². The van der Waals surface area contributed by atoms with Gasteiger partial charge in [-0.25, -0.2) is 9.78 Å². The fraction of sp³-hybridized carbons (Fsp3) is 0.733. The van der Waals surface area contributed by atoms with Gasteiger partial charge in [-0.1, -0.05) is 0 Å². The second-order valence-electron chi connectivity index (χ2n) is 6.60. The molecule has 7 nitrogen and oxygen atoms in total. The van der Waals surface area contributed by atoms with Gasteiger partial charge in [0.2, 0.25) is 0 Å². The summed E-state index contributed by atoms with van der Waals surface area (Å²) in [5.74, 6) is 0.739. The van der Waals surface area contributed by atoms with E-state index in [1.807, 2.05) is 50.5 Å². The summed E-state index contributed by atoms with van der Waals surface area (Å²) < 4.78 is 7.11. The fourth-order valence-corrected chi connectivity index (χ4v) is 1.98. The molecule has 22 heavy (non-hydrogen) atoms. The maximum absolute atomic E-state index is 11.6. The highest BCUT2D eigenvalue weighted by atomic mass is 16.6. The van der Waals surface area contributed by atoms with Gasteiger partial charge in [-0.2, -0.15) is 0 Å². The van der Waals surface area contributed by atoms with Crippen LogP contribution in [0.3, 0.4) is 0 Å². The first-order valence-electron chi connectivity index (χ1n) is 7.47. The van der Waals surface area contributed by atoms with Crippen LogP contribution in [0.15, 0.2) is 12.4 Å². The predicted octanol–water partition coefficient (Wildman–Crippen LogP) is 1.22. The van der Waals surface area contributed by atoms with Crippen LogP contribution in [0.1, 0.15) is 33.0 Å². The molecule has 0 bridgehead atoms. The lowest BCUT2D eigenvalue weighted by Gasteiger charge is -2.20. The summed E-state index contributed by atoms with van der Waals surface area (Å²) in [7, 11) is 3.85. The van der Waals surface area contributed by atoms with Crippen molar-refractivity contribution in [3.63, 3.8) is 0 Å². The second-order valence-corrected chi connectivity index (χ2v) is 6.60. The maximum atomic E-state index is 11.6. The number of alkyl carbamates (subject to hydrolysis) is 1. The molecule has 0 aromatic carbocycles. The molecule has 0 saturated heterocycles. The van der Waals surface area contributed by atoms with E-state index in [0.29, 0.717) is 26.1 Å². The first-order chi connectivity index (χ1) is 10.2. The Balaban J connectivity index is 2.43. The van der Waals surface area contributed by atoms with Crippen molar-refractivity contribution < 1.29 is 14.6 Å². The molecule has 0 fully saturated rings. The molecule has 0 radical (unpaired) electrons. The Morgan fingerprint density at radius 2 is 2.18 bits per heavy atom. The van der Waals surface area contributed by atoms with Gasteiger partial charge >= 0.3 is 6.09 Å². The van der Waals surface area contributed by atoms with Gasteiger partial charge in [0.1, 0.15) is 11.4 Å². The first kappa shape index (κ1) is 18.4. The van der Waals surface area contributed by atoms with Crippen LogP contribution in [-0.4, -0.2) is 58.0 Å². The third kappa shape index (κ3) is 7.42. The number of nitrogens with zero attached hydrogens (tertiary/aromatic N) is 3. The van der Waals surface area contributed by atoms with Crippen molar-refractivity contribution in [3.05, 3.63) is 18.2 Å². The summed E-state index contributed by atoms with van der Waals surface area (Å²) in [6, 6.07) is 0. The minimum Gasteiger partial charge on any atom is -0.444 e. The number of nitrogens with one attached hydrogen (secondary N) is 1. The molecule has 0 saturated carbocycles. The zero-order valence-corrected chi connectivity index (χ0v) is 14.2. The lowest BCUT2D eigenvalue weighted by Crippen LogP contribution is -2.33. The van der Waals surface area contributed by atoms with Crippen LogP contribution in [0.5, 0.6) is 0 Å². The summed E-state index contributed by atoms with van der Waals surface area (Å²) in [6.07, 6.45) is 3.31. The van der Waals surface area contributed by atoms with Gasteiger partial charge in [0, 0.05) is 25.5 Å². The van der Waals surface area contributed by atoms with Crippen LogP contribution in [0.25, 0.3) is 0 Å². The van der Waals surface area contributed by atoms with Gasteiger partial charge in [0.15, 0.2) is 0 Å². The van der Waals surface area contributed by atoms with Crippen molar-refractivity contribution in [2.75, 3.05) is 20.6 Å². The Bertz CT molecular complexity index is 466. The van der Waals surface area contributed by atoms with E-state index in [1.54, 1.807) is 6.20 Å². The molecule has 0 aliphatic carbocycles. The number of imidazole rings is 1. The van der Waals surface area contributed by atoms with Crippen molar-refractivity contribution in [2.45, 2.75) is 52.0 Å². The van der Waals surface area contributed by atoms with Crippen LogP contribution in [-0.2, 0) is 17.8 Å². The molecule has 1 amide bonds. The highest BCUT2D eigenvalue weighted by molar-refractivity contribution is 5.67. The molecule has 1 atom stereocenters. The average molecular weight is 312 g/mol. The number of hydrogen-bond acceptors (Lipinski definition) is 5. The van der Waals surface area contributed by atoms with Crippen molar-refractivity contribution >= 4 is 6.09 Å². The van der Waals surface area contributed by atoms with Crippen molar-refractivity contribution in [1.82, 2.24) is 19.8 Å². The molecule has 0 spiro atoms. The average Bonchev–Trinajstić information content (AvgIpc) is 2.78. The summed E-state index contributed by atoms with van der Waals surface area (Å²) in [6.45, 7) is 7.03. The Kier molecular flexibility index (Phi) is 6.83. The number of rotatable bonds is 7. The summed E-state index contributed by atoms with van der Waals surface area (Å²) >= 11 is 0. The SMILES string of the molecule is CN(C)CC(O)CCn1ccnc1CNC(=O)OC(C)(C)C. The predicted molar refractivity (Wildman–Crippen MR) is 84.5 cm³/mol. The van der Waals surface area contributed by atoms with Gasteiger partial charge in [-0.15, -0.1) is 0 Å². The molecule has 1 unspecified atom stereocenters. The largest absolute Gasteiger partial charge is 0.444 e. The number of hydrogen-bond donors (Lipinski definition) is 2. The highest BCUT2D eigenvalue weighted by Gasteiger charge is 2.16. The quantitative estimate of drug-likeness (QED) is 0.791. The number of likely N-dealkylation sites (N-methyl/N-ethyl adjacent to an activating group) is 1. The molecular formula is C15H28N4O3. The number of carbonyl (C=O) groups excluding carboxylic acids is 1. The Labute approximate surface area is 132 Å².